The number of hydrogen-bond acceptors (Lipinski definition) is 4. The van der Waals surface area contributed by atoms with Gasteiger partial charge >= 0.3 is 0 Å². The summed E-state index contributed by atoms with van der Waals surface area (Å²) in [6.07, 6.45) is 5.09. The molecule has 0 saturated heterocycles. The number of nitrogens with two attached hydrogens (primary N) is 1. The molecule has 0 aliphatic rings. The average Bonchev–Trinajstić information content (AvgIpc) is 2.64. The lowest BCUT2D eigenvalue weighted by Gasteiger charge is -2.03. The molecule has 76 valence electrons. The minimum Gasteiger partial charge on any atom is -0.388 e. The smallest absolute Gasteiger partial charge is 0.235 e. The molecule has 2 aromatic rings. The van der Waals surface area contributed by atoms with Gasteiger partial charge in [0, 0.05) is 18.6 Å². The minimum atomic E-state index is 0.261. The highest BCUT2D eigenvalue weighted by Crippen LogP contribution is 2.04. The van der Waals surface area contributed by atoms with Crippen LogP contribution >= 0.6 is 12.2 Å². The first kappa shape index (κ1) is 9.72. The molecular weight excluding hydrogens is 210 g/mol. The molecule has 2 aromatic heterocycles. The van der Waals surface area contributed by atoms with Crippen molar-refractivity contribution in [2.75, 3.05) is 0 Å². The molecule has 5 nitrogen and oxygen atoms in total. The first-order chi connectivity index (χ1) is 7.18. The predicted molar refractivity (Wildman–Crippen MR) is 59.8 cm³/mol. The van der Waals surface area contributed by atoms with Crippen molar-refractivity contribution in [2.24, 2.45) is 5.73 Å². The summed E-state index contributed by atoms with van der Waals surface area (Å²) < 4.78 is 1.77. The van der Waals surface area contributed by atoms with Crippen molar-refractivity contribution < 1.29 is 0 Å². The predicted octanol–water partition coefficient (Wildman–Crippen LogP) is 0.605. The Bertz CT molecular complexity index is 505. The van der Waals surface area contributed by atoms with Crippen LogP contribution < -0.4 is 5.73 Å². The van der Waals surface area contributed by atoms with Crippen LogP contribution in [0.4, 0.5) is 0 Å². The third kappa shape index (κ3) is 1.84. The van der Waals surface area contributed by atoms with Crippen LogP contribution in [-0.4, -0.2) is 24.5 Å². The lowest BCUT2D eigenvalue weighted by Crippen LogP contribution is -2.14. The van der Waals surface area contributed by atoms with E-state index in [0.29, 0.717) is 11.6 Å². The second-order valence-electron chi connectivity index (χ2n) is 2.95. The molecular formula is C9H9N5S. The van der Waals surface area contributed by atoms with E-state index in [4.69, 9.17) is 18.0 Å². The minimum absolute atomic E-state index is 0.261. The third-order valence-corrected chi connectivity index (χ3v) is 2.15. The third-order valence-electron chi connectivity index (χ3n) is 1.94. The van der Waals surface area contributed by atoms with Crippen LogP contribution in [0.25, 0.3) is 5.95 Å². The van der Waals surface area contributed by atoms with E-state index in [-0.39, 0.29) is 4.99 Å². The van der Waals surface area contributed by atoms with Gasteiger partial charge < -0.3 is 5.73 Å². The summed E-state index contributed by atoms with van der Waals surface area (Å²) in [7, 11) is 0. The van der Waals surface area contributed by atoms with E-state index < -0.39 is 0 Å². The van der Waals surface area contributed by atoms with Gasteiger partial charge in [-0.3, -0.25) is 4.57 Å². The average molecular weight is 219 g/mol. The molecule has 15 heavy (non-hydrogen) atoms. The number of imidazole rings is 1. The van der Waals surface area contributed by atoms with Crippen molar-refractivity contribution in [3.8, 4) is 5.95 Å². The quantitative estimate of drug-likeness (QED) is 0.749. The Hall–Kier alpha value is -1.82. The summed E-state index contributed by atoms with van der Waals surface area (Å²) in [4.78, 5) is 12.7. The van der Waals surface area contributed by atoms with Gasteiger partial charge in [0.1, 0.15) is 16.5 Å². The van der Waals surface area contributed by atoms with Crippen LogP contribution in [0.2, 0.25) is 0 Å². The molecule has 6 heteroatoms. The van der Waals surface area contributed by atoms with Gasteiger partial charge in [0.2, 0.25) is 5.95 Å². The van der Waals surface area contributed by atoms with Gasteiger partial charge in [-0.1, -0.05) is 12.2 Å². The lowest BCUT2D eigenvalue weighted by molar-refractivity contribution is 0.880. The van der Waals surface area contributed by atoms with Crippen molar-refractivity contribution in [2.45, 2.75) is 6.92 Å². The Balaban J connectivity index is 2.50. The molecule has 0 fully saturated rings. The molecule has 0 atom stereocenters. The van der Waals surface area contributed by atoms with Gasteiger partial charge in [0.25, 0.3) is 0 Å². The molecule has 0 radical (unpaired) electrons. The van der Waals surface area contributed by atoms with Crippen molar-refractivity contribution >= 4 is 17.2 Å². The number of thiocarbonyl (C=S) groups is 1. The summed E-state index contributed by atoms with van der Waals surface area (Å²) in [5, 5.41) is 0. The van der Waals surface area contributed by atoms with Crippen molar-refractivity contribution in [1.29, 1.82) is 0 Å². The van der Waals surface area contributed by atoms with Gasteiger partial charge in [0.15, 0.2) is 0 Å². The monoisotopic (exact) mass is 219 g/mol. The summed E-state index contributed by atoms with van der Waals surface area (Å²) in [6.45, 7) is 1.87. The van der Waals surface area contributed by atoms with Crippen molar-refractivity contribution in [3.05, 3.63) is 36.2 Å². The molecule has 2 heterocycles. The molecule has 0 aromatic carbocycles. The number of hydrogen-bond donors (Lipinski definition) is 1. The van der Waals surface area contributed by atoms with E-state index in [2.05, 4.69) is 15.0 Å². The van der Waals surface area contributed by atoms with Gasteiger partial charge in [-0.25, -0.2) is 15.0 Å². The molecule has 2 rings (SSSR count). The van der Waals surface area contributed by atoms with Crippen LogP contribution in [0.3, 0.4) is 0 Å². The Morgan fingerprint density at radius 1 is 1.40 bits per heavy atom. The SMILES string of the molecule is Cc1nccn1-c1nccc(C(N)=S)n1. The van der Waals surface area contributed by atoms with Crippen LogP contribution in [0.15, 0.2) is 24.7 Å². The van der Waals surface area contributed by atoms with E-state index in [9.17, 15) is 0 Å². The van der Waals surface area contributed by atoms with Crippen LogP contribution in [0.5, 0.6) is 0 Å². The van der Waals surface area contributed by atoms with Crippen LogP contribution in [0, 0.1) is 6.92 Å². The first-order valence-corrected chi connectivity index (χ1v) is 4.72. The van der Waals surface area contributed by atoms with Crippen molar-refractivity contribution in [1.82, 2.24) is 19.5 Å². The van der Waals surface area contributed by atoms with Gasteiger partial charge in [0.05, 0.1) is 0 Å². The highest BCUT2D eigenvalue weighted by atomic mass is 32.1. The molecule has 2 N–H and O–H groups in total. The highest BCUT2D eigenvalue weighted by Gasteiger charge is 2.05. The molecule has 0 aliphatic carbocycles. The zero-order valence-corrected chi connectivity index (χ0v) is 8.90. The normalized spacial score (nSPS) is 10.2. The maximum Gasteiger partial charge on any atom is 0.235 e. The summed E-state index contributed by atoms with van der Waals surface area (Å²) in [6, 6.07) is 1.68. The number of rotatable bonds is 2. The van der Waals surface area contributed by atoms with E-state index in [0.717, 1.165) is 5.82 Å². The summed E-state index contributed by atoms with van der Waals surface area (Å²) in [5.41, 5.74) is 6.05. The fourth-order valence-corrected chi connectivity index (χ4v) is 1.30. The zero-order valence-electron chi connectivity index (χ0n) is 8.08. The number of aryl methyl sites for hydroxylation is 1. The van der Waals surface area contributed by atoms with E-state index in [1.165, 1.54) is 0 Å². The Kier molecular flexibility index (Phi) is 2.42. The second kappa shape index (κ2) is 3.74. The largest absolute Gasteiger partial charge is 0.388 e. The zero-order chi connectivity index (χ0) is 10.8. The van der Waals surface area contributed by atoms with E-state index >= 15 is 0 Å². The maximum absolute atomic E-state index is 5.49. The number of nitrogens with zero attached hydrogens (tertiary/aromatic N) is 4. The van der Waals surface area contributed by atoms with Crippen LogP contribution in [0.1, 0.15) is 11.5 Å². The molecule has 0 spiro atoms. The summed E-state index contributed by atoms with van der Waals surface area (Å²) in [5.74, 6) is 1.34. The first-order valence-electron chi connectivity index (χ1n) is 4.31. The van der Waals surface area contributed by atoms with Crippen LogP contribution in [-0.2, 0) is 0 Å². The standard InChI is InChI=1S/C9H9N5S/c1-6-11-4-5-14(6)9-12-3-2-7(13-9)8(10)15/h2-5H,1H3,(H2,10,15). The fourth-order valence-electron chi connectivity index (χ4n) is 1.19. The van der Waals surface area contributed by atoms with E-state index in [1.54, 1.807) is 29.2 Å². The Morgan fingerprint density at radius 2 is 2.20 bits per heavy atom. The van der Waals surface area contributed by atoms with Gasteiger partial charge in [-0.05, 0) is 13.0 Å². The highest BCUT2D eigenvalue weighted by molar-refractivity contribution is 7.80. The Labute approximate surface area is 92.0 Å². The number of aromatic nitrogens is 4. The van der Waals surface area contributed by atoms with Gasteiger partial charge in [-0.15, -0.1) is 0 Å². The molecule has 0 bridgehead atoms. The maximum atomic E-state index is 5.49. The molecule has 0 aliphatic heterocycles. The Morgan fingerprint density at radius 3 is 2.80 bits per heavy atom. The second-order valence-corrected chi connectivity index (χ2v) is 3.39. The lowest BCUT2D eigenvalue weighted by atomic mass is 10.4. The van der Waals surface area contributed by atoms with Crippen molar-refractivity contribution in [3.63, 3.8) is 0 Å². The fraction of sp³-hybridized carbons (Fsp3) is 0.111. The van der Waals surface area contributed by atoms with E-state index in [1.807, 2.05) is 6.92 Å². The van der Waals surface area contributed by atoms with Gasteiger partial charge in [-0.2, -0.15) is 0 Å². The molecule has 0 saturated carbocycles. The molecule has 0 amide bonds. The summed E-state index contributed by atoms with van der Waals surface area (Å²) >= 11 is 4.85. The topological polar surface area (TPSA) is 69.6 Å². The molecule has 0 unspecified atom stereocenters.